The zero-order chi connectivity index (χ0) is 21.5. The Hall–Kier alpha value is -1.97. The van der Waals surface area contributed by atoms with E-state index in [1.165, 1.54) is 38.2 Å². The fourth-order valence-corrected chi connectivity index (χ4v) is 2.84. The van der Waals surface area contributed by atoms with Crippen LogP contribution in [-0.4, -0.2) is 24.8 Å². The molecule has 0 unspecified atom stereocenters. The largest absolute Gasteiger partial charge is 0.490 e. The number of carbonyl (C=O) groups excluding carboxylic acids is 1. The number of hydrogen-bond donors (Lipinski definition) is 0. The molecule has 0 saturated carbocycles. The molecular formula is C25H40O4. The van der Waals surface area contributed by atoms with E-state index < -0.39 is 5.60 Å². The summed E-state index contributed by atoms with van der Waals surface area (Å²) in [5.74, 6) is 1.08. The molecule has 0 heterocycles. The Morgan fingerprint density at radius 2 is 1.52 bits per heavy atom. The summed E-state index contributed by atoms with van der Waals surface area (Å²) in [7, 11) is 0. The van der Waals surface area contributed by atoms with Crippen molar-refractivity contribution in [3.05, 3.63) is 29.8 Å². The van der Waals surface area contributed by atoms with E-state index in [2.05, 4.69) is 13.8 Å². The summed E-state index contributed by atoms with van der Waals surface area (Å²) in [6.07, 6.45) is 12.4. The summed E-state index contributed by atoms with van der Waals surface area (Å²) in [4.78, 5) is 12.1. The van der Waals surface area contributed by atoms with Gasteiger partial charge >= 0.3 is 5.97 Å². The molecule has 29 heavy (non-hydrogen) atoms. The van der Waals surface area contributed by atoms with E-state index in [-0.39, 0.29) is 5.97 Å². The van der Waals surface area contributed by atoms with Crippen molar-refractivity contribution in [2.75, 3.05) is 13.2 Å². The van der Waals surface area contributed by atoms with E-state index in [0.29, 0.717) is 19.0 Å². The molecule has 0 atom stereocenters. The van der Waals surface area contributed by atoms with Crippen molar-refractivity contribution in [1.29, 1.82) is 0 Å². The van der Waals surface area contributed by atoms with Gasteiger partial charge in [0.1, 0.15) is 5.60 Å². The molecule has 1 rings (SSSR count). The number of esters is 1. The molecule has 0 aliphatic carbocycles. The van der Waals surface area contributed by atoms with Crippen molar-refractivity contribution < 1.29 is 19.0 Å². The summed E-state index contributed by atoms with van der Waals surface area (Å²) in [6, 6.07) is 5.80. The van der Waals surface area contributed by atoms with Crippen molar-refractivity contribution >= 4 is 12.0 Å². The zero-order valence-corrected chi connectivity index (χ0v) is 19.1. The van der Waals surface area contributed by atoms with Gasteiger partial charge in [-0.05, 0) is 45.8 Å². The van der Waals surface area contributed by atoms with Crippen LogP contribution in [0.4, 0.5) is 0 Å². The van der Waals surface area contributed by atoms with Gasteiger partial charge in [-0.25, -0.2) is 4.79 Å². The summed E-state index contributed by atoms with van der Waals surface area (Å²) in [5.41, 5.74) is 0.320. The van der Waals surface area contributed by atoms with Gasteiger partial charge in [0.15, 0.2) is 11.5 Å². The molecule has 0 fully saturated rings. The minimum absolute atomic E-state index is 0.364. The van der Waals surface area contributed by atoms with Crippen LogP contribution >= 0.6 is 0 Å². The third-order valence-corrected chi connectivity index (χ3v) is 4.31. The zero-order valence-electron chi connectivity index (χ0n) is 19.1. The first-order valence-corrected chi connectivity index (χ1v) is 11.2. The Kier molecular flexibility index (Phi) is 12.2. The van der Waals surface area contributed by atoms with Crippen LogP contribution in [0.25, 0.3) is 6.08 Å². The first-order chi connectivity index (χ1) is 13.9. The van der Waals surface area contributed by atoms with Crippen molar-refractivity contribution in [3.63, 3.8) is 0 Å². The number of unbranched alkanes of at least 4 members (excludes halogenated alkanes) is 6. The molecule has 1 aromatic carbocycles. The number of rotatable bonds is 14. The van der Waals surface area contributed by atoms with Crippen molar-refractivity contribution in [3.8, 4) is 11.5 Å². The average Bonchev–Trinajstić information content (AvgIpc) is 2.65. The molecule has 0 N–H and O–H groups in total. The summed E-state index contributed by atoms with van der Waals surface area (Å²) >= 11 is 0. The summed E-state index contributed by atoms with van der Waals surface area (Å²) in [6.45, 7) is 11.3. The highest BCUT2D eigenvalue weighted by molar-refractivity contribution is 5.88. The van der Waals surface area contributed by atoms with Crippen LogP contribution in [0.2, 0.25) is 0 Å². The van der Waals surface area contributed by atoms with Gasteiger partial charge in [0.25, 0.3) is 0 Å². The first-order valence-electron chi connectivity index (χ1n) is 11.2. The van der Waals surface area contributed by atoms with Crippen LogP contribution in [0.5, 0.6) is 11.5 Å². The van der Waals surface area contributed by atoms with Crippen LogP contribution in [0, 0.1) is 0 Å². The van der Waals surface area contributed by atoms with Crippen LogP contribution in [0.15, 0.2) is 24.3 Å². The van der Waals surface area contributed by atoms with Crippen LogP contribution in [0.3, 0.4) is 0 Å². The number of benzene rings is 1. The van der Waals surface area contributed by atoms with Gasteiger partial charge < -0.3 is 14.2 Å². The minimum atomic E-state index is -0.510. The lowest BCUT2D eigenvalue weighted by molar-refractivity contribution is -0.148. The average molecular weight is 405 g/mol. The maximum absolute atomic E-state index is 12.1. The molecule has 0 aliphatic rings. The van der Waals surface area contributed by atoms with Gasteiger partial charge in [-0.1, -0.05) is 64.5 Å². The van der Waals surface area contributed by atoms with E-state index in [4.69, 9.17) is 14.2 Å². The van der Waals surface area contributed by atoms with Gasteiger partial charge in [-0.2, -0.15) is 0 Å². The van der Waals surface area contributed by atoms with Crippen LogP contribution in [-0.2, 0) is 9.53 Å². The maximum Gasteiger partial charge on any atom is 0.331 e. The lowest BCUT2D eigenvalue weighted by atomic mass is 10.1. The Balaban J connectivity index is 2.85. The molecule has 0 saturated heterocycles. The Morgan fingerprint density at radius 1 is 0.897 bits per heavy atom. The molecule has 0 bridgehead atoms. The number of hydrogen-bond acceptors (Lipinski definition) is 4. The van der Waals surface area contributed by atoms with Gasteiger partial charge in [0, 0.05) is 11.6 Å². The summed E-state index contributed by atoms with van der Waals surface area (Å²) in [5, 5.41) is 0. The summed E-state index contributed by atoms with van der Waals surface area (Å²) < 4.78 is 17.5. The molecule has 164 valence electrons. The Morgan fingerprint density at radius 3 is 2.10 bits per heavy atom. The molecule has 4 nitrogen and oxygen atoms in total. The fourth-order valence-electron chi connectivity index (χ4n) is 2.84. The standard InChI is InChI=1S/C25H40O4/c1-6-8-10-12-19-27-22-16-14-15-21(17-18-23(26)29-25(3,4)5)24(22)28-20-13-11-9-7-2/h14-18H,6-13,19-20H2,1-5H3. The highest BCUT2D eigenvalue weighted by Crippen LogP contribution is 2.33. The molecule has 0 aliphatic heterocycles. The van der Waals surface area contributed by atoms with E-state index in [1.807, 2.05) is 39.0 Å². The maximum atomic E-state index is 12.1. The number of para-hydroxylation sites is 1. The van der Waals surface area contributed by atoms with Gasteiger partial charge in [-0.3, -0.25) is 0 Å². The lowest BCUT2D eigenvalue weighted by Gasteiger charge is -2.18. The highest BCUT2D eigenvalue weighted by Gasteiger charge is 2.15. The predicted octanol–water partition coefficient (Wildman–Crippen LogP) is 6.96. The molecular weight excluding hydrogens is 364 g/mol. The first kappa shape index (κ1) is 25.1. The molecule has 4 heteroatoms. The SMILES string of the molecule is CCCCCCOc1cccc(C=CC(=O)OC(C)(C)C)c1OCCCCCC. The normalized spacial score (nSPS) is 11.6. The van der Waals surface area contributed by atoms with Gasteiger partial charge in [-0.15, -0.1) is 0 Å². The smallest absolute Gasteiger partial charge is 0.331 e. The minimum Gasteiger partial charge on any atom is -0.490 e. The van der Waals surface area contributed by atoms with E-state index >= 15 is 0 Å². The second kappa shape index (κ2) is 14.1. The fraction of sp³-hybridized carbons (Fsp3) is 0.640. The van der Waals surface area contributed by atoms with Gasteiger partial charge in [0.2, 0.25) is 0 Å². The molecule has 0 aromatic heterocycles. The number of carbonyl (C=O) groups is 1. The van der Waals surface area contributed by atoms with Crippen molar-refractivity contribution in [2.45, 2.75) is 91.6 Å². The lowest BCUT2D eigenvalue weighted by Crippen LogP contribution is -2.22. The third-order valence-electron chi connectivity index (χ3n) is 4.31. The highest BCUT2D eigenvalue weighted by atomic mass is 16.6. The van der Waals surface area contributed by atoms with Gasteiger partial charge in [0.05, 0.1) is 13.2 Å². The van der Waals surface area contributed by atoms with Crippen molar-refractivity contribution in [1.82, 2.24) is 0 Å². The molecule has 0 amide bonds. The van der Waals surface area contributed by atoms with Crippen LogP contribution < -0.4 is 9.47 Å². The Labute approximate surface area is 177 Å². The molecule has 0 radical (unpaired) electrons. The predicted molar refractivity (Wildman–Crippen MR) is 121 cm³/mol. The monoisotopic (exact) mass is 404 g/mol. The van der Waals surface area contributed by atoms with E-state index in [1.54, 1.807) is 6.08 Å². The number of ether oxygens (including phenoxy) is 3. The van der Waals surface area contributed by atoms with E-state index in [0.717, 1.165) is 30.6 Å². The second-order valence-electron chi connectivity index (χ2n) is 8.36. The van der Waals surface area contributed by atoms with E-state index in [9.17, 15) is 4.79 Å². The Bertz CT molecular complexity index is 614. The van der Waals surface area contributed by atoms with Crippen LogP contribution in [0.1, 0.15) is 91.5 Å². The third kappa shape index (κ3) is 11.6. The second-order valence-corrected chi connectivity index (χ2v) is 8.36. The molecule has 0 spiro atoms. The topological polar surface area (TPSA) is 44.8 Å². The quantitative estimate of drug-likeness (QED) is 0.191. The molecule has 1 aromatic rings. The van der Waals surface area contributed by atoms with Crippen molar-refractivity contribution in [2.24, 2.45) is 0 Å².